The number of hydrogen-bond donors (Lipinski definition) is 1. The zero-order valence-corrected chi connectivity index (χ0v) is 7.84. The van der Waals surface area contributed by atoms with Crippen molar-refractivity contribution in [3.8, 4) is 0 Å². The molecule has 1 heterocycles. The Morgan fingerprint density at radius 2 is 1.87 bits per heavy atom. The van der Waals surface area contributed by atoms with Gasteiger partial charge in [0, 0.05) is 0 Å². The molecule has 1 fully saturated rings. The number of halogens is 3. The van der Waals surface area contributed by atoms with Crippen LogP contribution in [0.3, 0.4) is 0 Å². The normalized spacial score (nSPS) is 20.8. The van der Waals surface area contributed by atoms with Crippen LogP contribution in [0.1, 0.15) is 37.4 Å². The molecule has 0 amide bonds. The number of rotatable bonds is 1. The molecule has 0 aliphatic heterocycles. The Morgan fingerprint density at radius 3 is 2.33 bits per heavy atom. The van der Waals surface area contributed by atoms with E-state index in [0.29, 0.717) is 12.8 Å². The fraction of sp³-hybridized carbons (Fsp3) is 0.750. The molecule has 1 aliphatic carbocycles. The molecule has 1 aromatic rings. The Kier molecular flexibility index (Phi) is 2.22. The molecule has 0 spiro atoms. The van der Waals surface area contributed by atoms with Crippen LogP contribution >= 0.6 is 0 Å². The zero-order chi connectivity index (χ0) is 11.1. The van der Waals surface area contributed by atoms with Crippen molar-refractivity contribution in [2.75, 3.05) is 0 Å². The van der Waals surface area contributed by atoms with E-state index in [0.717, 1.165) is 12.8 Å². The molecule has 84 valence electrons. The topological polar surface area (TPSA) is 64.9 Å². The fourth-order valence-corrected chi connectivity index (χ4v) is 1.76. The van der Waals surface area contributed by atoms with E-state index in [9.17, 15) is 13.2 Å². The molecular weight excluding hydrogens is 211 g/mol. The van der Waals surface area contributed by atoms with E-state index in [-0.39, 0.29) is 5.89 Å². The van der Waals surface area contributed by atoms with E-state index >= 15 is 0 Å². The maximum atomic E-state index is 12.2. The molecule has 7 heteroatoms. The van der Waals surface area contributed by atoms with Crippen molar-refractivity contribution < 1.29 is 17.7 Å². The SMILES string of the molecule is NC1(c2nc(C(F)(F)F)no2)CCCC1. The van der Waals surface area contributed by atoms with Gasteiger partial charge in [-0.3, -0.25) is 0 Å². The van der Waals surface area contributed by atoms with E-state index < -0.39 is 17.5 Å². The van der Waals surface area contributed by atoms with Crippen LogP contribution < -0.4 is 5.73 Å². The first-order valence-corrected chi connectivity index (χ1v) is 4.62. The molecule has 1 aromatic heterocycles. The minimum atomic E-state index is -4.57. The Balaban J connectivity index is 2.27. The van der Waals surface area contributed by atoms with Crippen LogP contribution in [-0.2, 0) is 11.7 Å². The van der Waals surface area contributed by atoms with Crippen molar-refractivity contribution in [3.63, 3.8) is 0 Å². The molecule has 0 aromatic carbocycles. The van der Waals surface area contributed by atoms with Crippen molar-refractivity contribution in [2.45, 2.75) is 37.4 Å². The van der Waals surface area contributed by atoms with Crippen molar-refractivity contribution in [2.24, 2.45) is 5.73 Å². The Bertz CT molecular complexity index is 354. The van der Waals surface area contributed by atoms with Gasteiger partial charge in [-0.1, -0.05) is 18.0 Å². The molecule has 4 nitrogen and oxygen atoms in total. The second-order valence-electron chi connectivity index (χ2n) is 3.78. The Labute approximate surface area is 83.6 Å². The van der Waals surface area contributed by atoms with Gasteiger partial charge in [0.05, 0.1) is 5.54 Å². The number of hydrogen-bond acceptors (Lipinski definition) is 4. The standard InChI is InChI=1S/C8H10F3N3O/c9-8(10,11)5-13-6(15-14-5)7(12)3-1-2-4-7/h1-4,12H2. The molecule has 2 N–H and O–H groups in total. The van der Waals surface area contributed by atoms with Crippen molar-refractivity contribution in [1.82, 2.24) is 10.1 Å². The predicted octanol–water partition coefficient (Wildman–Crippen LogP) is 1.82. The minimum Gasteiger partial charge on any atom is -0.337 e. The van der Waals surface area contributed by atoms with Gasteiger partial charge in [-0.25, -0.2) is 0 Å². The number of alkyl halides is 3. The summed E-state index contributed by atoms with van der Waals surface area (Å²) in [5.41, 5.74) is 5.01. The third-order valence-electron chi connectivity index (χ3n) is 2.60. The molecule has 0 atom stereocenters. The fourth-order valence-electron chi connectivity index (χ4n) is 1.76. The first kappa shape index (κ1) is 10.4. The highest BCUT2D eigenvalue weighted by Gasteiger charge is 2.42. The van der Waals surface area contributed by atoms with Crippen LogP contribution in [-0.4, -0.2) is 10.1 Å². The highest BCUT2D eigenvalue weighted by atomic mass is 19.4. The van der Waals surface area contributed by atoms with Gasteiger partial charge in [-0.05, 0) is 12.8 Å². The zero-order valence-electron chi connectivity index (χ0n) is 7.84. The van der Waals surface area contributed by atoms with E-state index in [1.54, 1.807) is 0 Å². The van der Waals surface area contributed by atoms with E-state index in [1.807, 2.05) is 0 Å². The smallest absolute Gasteiger partial charge is 0.337 e. The van der Waals surface area contributed by atoms with Crippen LogP contribution in [0.5, 0.6) is 0 Å². The van der Waals surface area contributed by atoms with E-state index in [2.05, 4.69) is 14.7 Å². The Hall–Kier alpha value is -1.11. The van der Waals surface area contributed by atoms with Crippen LogP contribution in [0.2, 0.25) is 0 Å². The molecule has 1 aliphatic rings. The summed E-state index contributed by atoms with van der Waals surface area (Å²) in [6.45, 7) is 0. The molecule has 0 unspecified atom stereocenters. The molecule has 0 radical (unpaired) electrons. The maximum absolute atomic E-state index is 12.2. The minimum absolute atomic E-state index is 0.104. The lowest BCUT2D eigenvalue weighted by Crippen LogP contribution is -2.33. The second kappa shape index (κ2) is 3.19. The second-order valence-corrected chi connectivity index (χ2v) is 3.78. The summed E-state index contributed by atoms with van der Waals surface area (Å²) in [6.07, 6.45) is -1.64. The lowest BCUT2D eigenvalue weighted by atomic mass is 9.99. The monoisotopic (exact) mass is 221 g/mol. The molecular formula is C8H10F3N3O. The molecule has 0 bridgehead atoms. The summed E-state index contributed by atoms with van der Waals surface area (Å²) in [4.78, 5) is 3.31. The van der Waals surface area contributed by atoms with Crippen molar-refractivity contribution >= 4 is 0 Å². The summed E-state index contributed by atoms with van der Waals surface area (Å²) in [5, 5.41) is 2.89. The first-order valence-electron chi connectivity index (χ1n) is 4.62. The molecule has 15 heavy (non-hydrogen) atoms. The van der Waals surface area contributed by atoms with Gasteiger partial charge >= 0.3 is 6.18 Å². The van der Waals surface area contributed by atoms with Crippen LogP contribution in [0.15, 0.2) is 4.52 Å². The quantitative estimate of drug-likeness (QED) is 0.785. The lowest BCUT2D eigenvalue weighted by molar-refractivity contribution is -0.146. The van der Waals surface area contributed by atoms with Crippen molar-refractivity contribution in [1.29, 1.82) is 0 Å². The number of aromatic nitrogens is 2. The largest absolute Gasteiger partial charge is 0.455 e. The van der Waals surface area contributed by atoms with Gasteiger partial charge in [0.15, 0.2) is 0 Å². The number of nitrogens with two attached hydrogens (primary N) is 1. The average molecular weight is 221 g/mol. The van der Waals surface area contributed by atoms with Gasteiger partial charge in [0.1, 0.15) is 0 Å². The third-order valence-corrected chi connectivity index (χ3v) is 2.60. The number of nitrogens with zero attached hydrogens (tertiary/aromatic N) is 2. The van der Waals surface area contributed by atoms with Crippen LogP contribution in [0, 0.1) is 0 Å². The van der Waals surface area contributed by atoms with Crippen molar-refractivity contribution in [3.05, 3.63) is 11.7 Å². The summed E-state index contributed by atoms with van der Waals surface area (Å²) >= 11 is 0. The van der Waals surface area contributed by atoms with Gasteiger partial charge in [0.2, 0.25) is 5.89 Å². The van der Waals surface area contributed by atoms with E-state index in [1.165, 1.54) is 0 Å². The average Bonchev–Trinajstić information content (AvgIpc) is 2.69. The van der Waals surface area contributed by atoms with E-state index in [4.69, 9.17) is 5.73 Å². The summed E-state index contributed by atoms with van der Waals surface area (Å²) in [5.74, 6) is -1.36. The highest BCUT2D eigenvalue weighted by molar-refractivity contribution is 5.05. The highest BCUT2D eigenvalue weighted by Crippen LogP contribution is 2.36. The predicted molar refractivity (Wildman–Crippen MR) is 43.6 cm³/mol. The van der Waals surface area contributed by atoms with Gasteiger partial charge in [-0.15, -0.1) is 0 Å². The van der Waals surface area contributed by atoms with Gasteiger partial charge in [-0.2, -0.15) is 18.2 Å². The molecule has 2 rings (SSSR count). The summed E-state index contributed by atoms with van der Waals surface area (Å²) in [6, 6.07) is 0. The summed E-state index contributed by atoms with van der Waals surface area (Å²) < 4.78 is 41.1. The van der Waals surface area contributed by atoms with Gasteiger partial charge in [0.25, 0.3) is 5.82 Å². The molecule has 0 saturated heterocycles. The molecule has 1 saturated carbocycles. The van der Waals surface area contributed by atoms with Crippen LogP contribution in [0.25, 0.3) is 0 Å². The van der Waals surface area contributed by atoms with Crippen LogP contribution in [0.4, 0.5) is 13.2 Å². The van der Waals surface area contributed by atoms with Gasteiger partial charge < -0.3 is 10.3 Å². The third kappa shape index (κ3) is 1.83. The first-order chi connectivity index (χ1) is 6.92. The lowest BCUT2D eigenvalue weighted by Gasteiger charge is -2.17. The maximum Gasteiger partial charge on any atom is 0.455 e. The summed E-state index contributed by atoms with van der Waals surface area (Å²) in [7, 11) is 0. The Morgan fingerprint density at radius 1 is 1.27 bits per heavy atom.